The van der Waals surface area contributed by atoms with Gasteiger partial charge in [0.25, 0.3) is 0 Å². The van der Waals surface area contributed by atoms with Gasteiger partial charge in [-0.15, -0.1) is 0 Å². The van der Waals surface area contributed by atoms with Crippen LogP contribution >= 0.6 is 0 Å². The summed E-state index contributed by atoms with van der Waals surface area (Å²) in [6.07, 6.45) is 0. The molecule has 0 heterocycles. The summed E-state index contributed by atoms with van der Waals surface area (Å²) in [7, 11) is 0. The topological polar surface area (TPSA) is 17.1 Å². The van der Waals surface area contributed by atoms with E-state index in [0.717, 1.165) is 23.6 Å². The number of hydrogen-bond acceptors (Lipinski definition) is 1. The number of ketones is 1. The normalized spacial score (nSPS) is 7.40. The van der Waals surface area contributed by atoms with Crippen molar-refractivity contribution in [3.63, 3.8) is 0 Å². The first-order valence-electron chi connectivity index (χ1n) is 1.76. The van der Waals surface area contributed by atoms with Gasteiger partial charge in [-0.2, -0.15) is 0 Å². The van der Waals surface area contributed by atoms with E-state index in [1.54, 1.807) is 6.92 Å². The summed E-state index contributed by atoms with van der Waals surface area (Å²) in [6, 6.07) is 0. The van der Waals surface area contributed by atoms with Crippen LogP contribution in [0.5, 0.6) is 0 Å². The molecule has 0 rings (SSSR count). The molecular formula is C3H7GaO. The average Bonchev–Trinajstić information content (AvgIpc) is 1.38. The van der Waals surface area contributed by atoms with Gasteiger partial charge in [-0.3, -0.25) is 0 Å². The van der Waals surface area contributed by atoms with Crippen LogP contribution in [0.4, 0.5) is 0 Å². The van der Waals surface area contributed by atoms with Crippen LogP contribution in [0.1, 0.15) is 6.92 Å². The van der Waals surface area contributed by atoms with Gasteiger partial charge in [-0.05, 0) is 0 Å². The summed E-state index contributed by atoms with van der Waals surface area (Å²) in [4.78, 5) is 10.7. The van der Waals surface area contributed by atoms with Gasteiger partial charge in [0.2, 0.25) is 0 Å². The predicted molar refractivity (Wildman–Crippen MR) is 24.0 cm³/mol. The summed E-state index contributed by atoms with van der Waals surface area (Å²) < 4.78 is 0. The van der Waals surface area contributed by atoms with Crippen molar-refractivity contribution in [1.29, 1.82) is 0 Å². The van der Waals surface area contributed by atoms with E-state index in [4.69, 9.17) is 0 Å². The third-order valence-electron chi connectivity index (χ3n) is 0.498. The number of hydrogen-bond donors (Lipinski definition) is 0. The van der Waals surface area contributed by atoms with Crippen LogP contribution in [-0.4, -0.2) is 24.4 Å². The Kier molecular flexibility index (Phi) is 2.69. The molecule has 0 aliphatic rings. The number of Topliss-reactive ketones (excluding diaryl/α,β-unsaturated/α-hetero) is 1. The number of rotatable bonds is 1. The monoisotopic (exact) mass is 128 g/mol. The van der Waals surface area contributed by atoms with Crippen molar-refractivity contribution in [3.05, 3.63) is 0 Å². The van der Waals surface area contributed by atoms with Crippen molar-refractivity contribution in [2.24, 2.45) is 0 Å². The van der Waals surface area contributed by atoms with Crippen LogP contribution < -0.4 is 0 Å². The van der Waals surface area contributed by atoms with Crippen LogP contribution in [-0.2, 0) is 4.79 Å². The molecule has 2 heteroatoms. The van der Waals surface area contributed by atoms with Crippen LogP contribution in [0.3, 0.4) is 0 Å². The molecule has 0 unspecified atom stereocenters. The molecule has 0 saturated heterocycles. The van der Waals surface area contributed by atoms with E-state index in [9.17, 15) is 4.79 Å². The van der Waals surface area contributed by atoms with Crippen molar-refractivity contribution in [1.82, 2.24) is 0 Å². The molecule has 0 spiro atoms. The molecule has 1 nitrogen and oxygen atoms in total. The van der Waals surface area contributed by atoms with Crippen molar-refractivity contribution < 1.29 is 4.79 Å². The predicted octanol–water partition coefficient (Wildman–Crippen LogP) is -0.373. The first-order chi connectivity index (χ1) is 2.27. The molecule has 0 N–H and O–H groups in total. The van der Waals surface area contributed by atoms with Crippen molar-refractivity contribution in [3.8, 4) is 0 Å². The molecule has 0 atom stereocenters. The second-order valence-corrected chi connectivity index (χ2v) is 2.54. The fourth-order valence-corrected chi connectivity index (χ4v) is 0. The van der Waals surface area contributed by atoms with Gasteiger partial charge < -0.3 is 0 Å². The van der Waals surface area contributed by atoms with Crippen LogP contribution in [0.15, 0.2) is 0 Å². The zero-order valence-electron chi connectivity index (χ0n) is 3.62. The molecule has 0 bridgehead atoms. The molecule has 0 aliphatic heterocycles. The summed E-state index contributed by atoms with van der Waals surface area (Å²) in [5.41, 5.74) is 0. The van der Waals surface area contributed by atoms with Gasteiger partial charge in [0, 0.05) is 0 Å². The summed E-state index contributed by atoms with van der Waals surface area (Å²) in [5.74, 6) is 0.338. The van der Waals surface area contributed by atoms with Gasteiger partial charge >= 0.3 is 41.1 Å². The first kappa shape index (κ1) is 5.31. The van der Waals surface area contributed by atoms with E-state index in [1.165, 1.54) is 0 Å². The Balaban J connectivity index is 2.85. The van der Waals surface area contributed by atoms with E-state index >= 15 is 0 Å². The van der Waals surface area contributed by atoms with Crippen molar-refractivity contribution in [2.75, 3.05) is 0 Å². The van der Waals surface area contributed by atoms with Gasteiger partial charge in [0.15, 0.2) is 0 Å². The minimum atomic E-state index is 0.338. The van der Waals surface area contributed by atoms with Gasteiger partial charge in [-0.1, -0.05) is 0 Å². The fraction of sp³-hybridized carbons (Fsp3) is 0.667. The maximum absolute atomic E-state index is 9.86. The third-order valence-corrected chi connectivity index (χ3v) is 2.59. The van der Waals surface area contributed by atoms with E-state index in [2.05, 4.69) is 0 Å². The average molecular weight is 129 g/mol. The molecule has 0 aromatic heterocycles. The van der Waals surface area contributed by atoms with Gasteiger partial charge in [0.05, 0.1) is 0 Å². The van der Waals surface area contributed by atoms with Gasteiger partial charge in [0.1, 0.15) is 0 Å². The maximum atomic E-state index is 9.86. The van der Waals surface area contributed by atoms with E-state index in [1.807, 2.05) is 0 Å². The molecule has 28 valence electrons. The molecular weight excluding hydrogens is 122 g/mol. The van der Waals surface area contributed by atoms with E-state index in [0.29, 0.717) is 5.78 Å². The SMILES string of the molecule is CC(=O)[CH2][GaH2]. The number of carbonyl (C=O) groups is 1. The third kappa shape index (κ3) is 4.31. The molecule has 0 aromatic carbocycles. The standard InChI is InChI=1S/C3H5O.Ga.2H/c1-3(2)4;;;/h1H2,2H3;;;. The summed E-state index contributed by atoms with van der Waals surface area (Å²) in [5, 5.41) is 0. The molecule has 0 aliphatic carbocycles. The second kappa shape index (κ2) is 2.54. The van der Waals surface area contributed by atoms with Crippen LogP contribution in [0.25, 0.3) is 0 Å². The quantitative estimate of drug-likeness (QED) is 0.441. The Labute approximate surface area is 41.7 Å². The summed E-state index contributed by atoms with van der Waals surface area (Å²) in [6.45, 7) is 1.63. The molecule has 5 heavy (non-hydrogen) atoms. The van der Waals surface area contributed by atoms with E-state index in [-0.39, 0.29) is 0 Å². The second-order valence-electron chi connectivity index (χ2n) is 1.06. The van der Waals surface area contributed by atoms with Crippen molar-refractivity contribution in [2.45, 2.75) is 11.9 Å². The molecule has 0 amide bonds. The molecule has 0 fully saturated rings. The zero-order chi connectivity index (χ0) is 4.28. The van der Waals surface area contributed by atoms with Crippen LogP contribution in [0, 0.1) is 0 Å². The van der Waals surface area contributed by atoms with E-state index < -0.39 is 0 Å². The van der Waals surface area contributed by atoms with Gasteiger partial charge in [-0.25, -0.2) is 0 Å². The van der Waals surface area contributed by atoms with Crippen molar-refractivity contribution >= 4 is 24.4 Å². The Hall–Kier alpha value is 0.306. The molecule has 0 saturated carbocycles. The summed E-state index contributed by atoms with van der Waals surface area (Å²) >= 11 is 0.735. The Morgan fingerprint density at radius 3 is 2.20 bits per heavy atom. The molecule has 0 radical (unpaired) electrons. The first-order valence-corrected chi connectivity index (χ1v) is 4.73. The zero-order valence-corrected chi connectivity index (χ0v) is 7.81. The Morgan fingerprint density at radius 2 is 2.20 bits per heavy atom. The Morgan fingerprint density at radius 1 is 2.00 bits per heavy atom. The number of carbonyl (C=O) groups excluding carboxylic acids is 1. The minimum absolute atomic E-state index is 0.338. The fourth-order valence-electron chi connectivity index (χ4n) is 0. The van der Waals surface area contributed by atoms with Crippen LogP contribution in [0.2, 0.25) is 4.98 Å². The molecule has 0 aromatic rings. The Bertz CT molecular complexity index is 42.2.